The fraction of sp³-hybridized carbons (Fsp3) is 0.125. The number of amides is 2. The minimum Gasteiger partial charge on any atom is -0.273 e. The SMILES string of the molecule is O=C1c2ccccc2C(=O)N1CCNS(=O)(=O)c1ccc(Cl)c(Cl)c1. The van der Waals surface area contributed by atoms with E-state index in [2.05, 4.69) is 4.72 Å². The summed E-state index contributed by atoms with van der Waals surface area (Å²) in [7, 11) is -3.84. The third-order valence-corrected chi connectivity index (χ3v) is 5.90. The highest BCUT2D eigenvalue weighted by Crippen LogP contribution is 2.25. The molecule has 0 bridgehead atoms. The zero-order valence-corrected chi connectivity index (χ0v) is 15.0. The molecule has 2 aromatic rings. The van der Waals surface area contributed by atoms with Crippen molar-refractivity contribution in [3.63, 3.8) is 0 Å². The standard InChI is InChI=1S/C16H12Cl2N2O4S/c17-13-6-5-10(9-14(13)18)25(23,24)19-7-8-20-15(21)11-3-1-2-4-12(11)16(20)22/h1-6,9,19H,7-8H2. The Morgan fingerprint density at radius 1 is 0.920 bits per heavy atom. The van der Waals surface area contributed by atoms with Crippen molar-refractivity contribution in [2.45, 2.75) is 4.90 Å². The first-order valence-corrected chi connectivity index (χ1v) is 9.45. The molecule has 25 heavy (non-hydrogen) atoms. The van der Waals surface area contributed by atoms with Crippen LogP contribution in [0, 0.1) is 0 Å². The van der Waals surface area contributed by atoms with Gasteiger partial charge in [-0.25, -0.2) is 13.1 Å². The molecule has 0 saturated heterocycles. The van der Waals surface area contributed by atoms with E-state index in [1.165, 1.54) is 18.2 Å². The van der Waals surface area contributed by atoms with E-state index >= 15 is 0 Å². The summed E-state index contributed by atoms with van der Waals surface area (Å²) in [5, 5.41) is 0.358. The smallest absolute Gasteiger partial charge is 0.261 e. The molecule has 1 aliphatic rings. The molecule has 9 heteroatoms. The molecule has 0 unspecified atom stereocenters. The Hall–Kier alpha value is -1.93. The number of benzene rings is 2. The van der Waals surface area contributed by atoms with E-state index in [1.54, 1.807) is 24.3 Å². The van der Waals surface area contributed by atoms with Gasteiger partial charge in [0.1, 0.15) is 0 Å². The minimum atomic E-state index is -3.84. The van der Waals surface area contributed by atoms with Crippen molar-refractivity contribution in [3.8, 4) is 0 Å². The number of imide groups is 1. The van der Waals surface area contributed by atoms with E-state index in [9.17, 15) is 18.0 Å². The van der Waals surface area contributed by atoms with Gasteiger partial charge in [0.15, 0.2) is 0 Å². The zero-order chi connectivity index (χ0) is 18.2. The number of carbonyl (C=O) groups is 2. The van der Waals surface area contributed by atoms with Crippen molar-refractivity contribution in [3.05, 3.63) is 63.6 Å². The normalized spacial score (nSPS) is 14.1. The molecule has 130 valence electrons. The third-order valence-electron chi connectivity index (χ3n) is 3.71. The number of nitrogens with zero attached hydrogens (tertiary/aromatic N) is 1. The van der Waals surface area contributed by atoms with Crippen molar-refractivity contribution in [1.82, 2.24) is 9.62 Å². The molecule has 2 amide bonds. The molecule has 1 N–H and O–H groups in total. The topological polar surface area (TPSA) is 83.6 Å². The molecule has 1 heterocycles. The van der Waals surface area contributed by atoms with Crippen LogP contribution in [0.2, 0.25) is 10.0 Å². The second-order valence-electron chi connectivity index (χ2n) is 5.28. The number of sulfonamides is 1. The van der Waals surface area contributed by atoms with Crippen LogP contribution in [-0.2, 0) is 10.0 Å². The van der Waals surface area contributed by atoms with Crippen molar-refractivity contribution in [2.24, 2.45) is 0 Å². The van der Waals surface area contributed by atoms with Crippen molar-refractivity contribution in [1.29, 1.82) is 0 Å². The summed E-state index contributed by atoms with van der Waals surface area (Å²) in [5.74, 6) is -0.872. The van der Waals surface area contributed by atoms with Gasteiger partial charge < -0.3 is 0 Å². The number of fused-ring (bicyclic) bond motifs is 1. The fourth-order valence-corrected chi connectivity index (χ4v) is 3.87. The number of hydrogen-bond acceptors (Lipinski definition) is 4. The number of nitrogens with one attached hydrogen (secondary N) is 1. The Morgan fingerprint density at radius 3 is 2.08 bits per heavy atom. The molecular weight excluding hydrogens is 387 g/mol. The summed E-state index contributed by atoms with van der Waals surface area (Å²) in [4.78, 5) is 25.4. The van der Waals surface area contributed by atoms with Crippen LogP contribution >= 0.6 is 23.2 Å². The monoisotopic (exact) mass is 398 g/mol. The molecule has 0 aliphatic carbocycles. The van der Waals surface area contributed by atoms with Crippen LogP contribution in [0.3, 0.4) is 0 Å². The van der Waals surface area contributed by atoms with Gasteiger partial charge in [-0.05, 0) is 30.3 Å². The maximum absolute atomic E-state index is 12.2. The van der Waals surface area contributed by atoms with Gasteiger partial charge in [-0.3, -0.25) is 14.5 Å². The molecule has 0 fully saturated rings. The maximum atomic E-state index is 12.2. The molecule has 0 radical (unpaired) electrons. The number of rotatable bonds is 5. The predicted molar refractivity (Wildman–Crippen MR) is 93.5 cm³/mol. The third kappa shape index (κ3) is 3.41. The van der Waals surface area contributed by atoms with Gasteiger partial charge in [-0.1, -0.05) is 35.3 Å². The first-order valence-electron chi connectivity index (χ1n) is 7.21. The molecule has 0 atom stereocenters. The van der Waals surface area contributed by atoms with Crippen LogP contribution in [0.15, 0.2) is 47.4 Å². The lowest BCUT2D eigenvalue weighted by Gasteiger charge is -2.14. The second-order valence-corrected chi connectivity index (χ2v) is 7.86. The molecular formula is C16H12Cl2N2O4S. The lowest BCUT2D eigenvalue weighted by Crippen LogP contribution is -2.38. The van der Waals surface area contributed by atoms with Gasteiger partial charge in [0.2, 0.25) is 10.0 Å². The fourth-order valence-electron chi connectivity index (χ4n) is 2.46. The van der Waals surface area contributed by atoms with E-state index in [0.29, 0.717) is 11.1 Å². The van der Waals surface area contributed by atoms with E-state index in [0.717, 1.165) is 4.90 Å². The van der Waals surface area contributed by atoms with E-state index in [4.69, 9.17) is 23.2 Å². The minimum absolute atomic E-state index is 0.0516. The van der Waals surface area contributed by atoms with Crippen LogP contribution in [-0.4, -0.2) is 38.2 Å². The highest BCUT2D eigenvalue weighted by atomic mass is 35.5. The van der Waals surface area contributed by atoms with Crippen LogP contribution in [0.1, 0.15) is 20.7 Å². The highest BCUT2D eigenvalue weighted by Gasteiger charge is 2.34. The van der Waals surface area contributed by atoms with Gasteiger partial charge in [0.25, 0.3) is 11.8 Å². The van der Waals surface area contributed by atoms with Crippen molar-refractivity contribution < 1.29 is 18.0 Å². The largest absolute Gasteiger partial charge is 0.273 e. The summed E-state index contributed by atoms with van der Waals surface area (Å²) in [6.07, 6.45) is 0. The molecule has 6 nitrogen and oxygen atoms in total. The van der Waals surface area contributed by atoms with Crippen LogP contribution in [0.4, 0.5) is 0 Å². The van der Waals surface area contributed by atoms with Gasteiger partial charge in [-0.15, -0.1) is 0 Å². The van der Waals surface area contributed by atoms with E-state index in [-0.39, 0.29) is 28.0 Å². The van der Waals surface area contributed by atoms with Crippen LogP contribution < -0.4 is 4.72 Å². The Kier molecular flexibility index (Phi) is 4.83. The van der Waals surface area contributed by atoms with E-state index in [1.807, 2.05) is 0 Å². The molecule has 3 rings (SSSR count). The summed E-state index contributed by atoms with van der Waals surface area (Å²) in [6.45, 7) is -0.194. The van der Waals surface area contributed by atoms with E-state index < -0.39 is 21.8 Å². The van der Waals surface area contributed by atoms with Crippen molar-refractivity contribution in [2.75, 3.05) is 13.1 Å². The van der Waals surface area contributed by atoms with Gasteiger partial charge in [0, 0.05) is 13.1 Å². The summed E-state index contributed by atoms with van der Waals surface area (Å²) in [5.41, 5.74) is 0.639. The predicted octanol–water partition coefficient (Wildman–Crippen LogP) is 2.57. The summed E-state index contributed by atoms with van der Waals surface area (Å²) >= 11 is 11.6. The number of hydrogen-bond donors (Lipinski definition) is 1. The second kappa shape index (κ2) is 6.76. The average Bonchev–Trinajstić information content (AvgIpc) is 2.82. The first-order chi connectivity index (χ1) is 11.8. The zero-order valence-electron chi connectivity index (χ0n) is 12.7. The Morgan fingerprint density at radius 2 is 1.52 bits per heavy atom. The molecule has 1 aliphatic heterocycles. The van der Waals surface area contributed by atoms with Crippen molar-refractivity contribution >= 4 is 45.0 Å². The Bertz CT molecular complexity index is 941. The van der Waals surface area contributed by atoms with Crippen LogP contribution in [0.5, 0.6) is 0 Å². The summed E-state index contributed by atoms with van der Waals surface area (Å²) < 4.78 is 26.8. The van der Waals surface area contributed by atoms with Gasteiger partial charge in [-0.2, -0.15) is 0 Å². The maximum Gasteiger partial charge on any atom is 0.261 e. The Labute approximate surface area is 154 Å². The lowest BCUT2D eigenvalue weighted by atomic mass is 10.1. The van der Waals surface area contributed by atoms with Gasteiger partial charge >= 0.3 is 0 Å². The Balaban J connectivity index is 1.68. The molecule has 0 saturated carbocycles. The molecule has 0 spiro atoms. The molecule has 0 aromatic heterocycles. The summed E-state index contributed by atoms with van der Waals surface area (Å²) in [6, 6.07) is 10.4. The quantitative estimate of drug-likeness (QED) is 0.784. The number of carbonyl (C=O) groups excluding carboxylic acids is 2. The first kappa shape index (κ1) is 17.9. The lowest BCUT2D eigenvalue weighted by molar-refractivity contribution is 0.0657. The number of halogens is 2. The van der Waals surface area contributed by atoms with Crippen LogP contribution in [0.25, 0.3) is 0 Å². The highest BCUT2D eigenvalue weighted by molar-refractivity contribution is 7.89. The van der Waals surface area contributed by atoms with Gasteiger partial charge in [0.05, 0.1) is 26.1 Å². The molecule has 2 aromatic carbocycles. The average molecular weight is 399 g/mol.